The molecule has 2 rings (SSSR count). The van der Waals surface area contributed by atoms with Gasteiger partial charge in [0.15, 0.2) is 17.5 Å². The second-order valence-corrected chi connectivity index (χ2v) is 4.36. The third-order valence-corrected chi connectivity index (χ3v) is 3.19. The lowest BCUT2D eigenvalue weighted by Crippen LogP contribution is -2.11. The van der Waals surface area contributed by atoms with E-state index in [0.717, 1.165) is 11.6 Å². The first kappa shape index (κ1) is 13.6. The summed E-state index contributed by atoms with van der Waals surface area (Å²) >= 11 is 0. The Morgan fingerprint density at radius 1 is 0.895 bits per heavy atom. The maximum absolute atomic E-state index is 13.6. The van der Waals surface area contributed by atoms with E-state index < -0.39 is 17.5 Å². The Balaban J connectivity index is 2.40. The fraction of sp³-hybridized carbons (Fsp3) is 0.200. The molecule has 0 radical (unpaired) electrons. The van der Waals surface area contributed by atoms with Crippen LogP contribution < -0.4 is 5.32 Å². The molecule has 2 aromatic rings. The van der Waals surface area contributed by atoms with E-state index in [1.165, 1.54) is 6.07 Å². The van der Waals surface area contributed by atoms with E-state index in [9.17, 15) is 13.2 Å². The van der Waals surface area contributed by atoms with Crippen molar-refractivity contribution in [2.45, 2.75) is 13.0 Å². The highest BCUT2D eigenvalue weighted by Gasteiger charge is 2.14. The summed E-state index contributed by atoms with van der Waals surface area (Å²) in [6, 6.07) is 9.39. The SMILES string of the molecule is CNC(C)c1ccc(-c2ccc(F)c(F)c2F)cc1. The van der Waals surface area contributed by atoms with E-state index in [-0.39, 0.29) is 11.6 Å². The molecule has 19 heavy (non-hydrogen) atoms. The van der Waals surface area contributed by atoms with Crippen LogP contribution in [0.25, 0.3) is 11.1 Å². The molecule has 0 bridgehead atoms. The molecule has 0 fully saturated rings. The van der Waals surface area contributed by atoms with Crippen molar-refractivity contribution in [3.63, 3.8) is 0 Å². The highest BCUT2D eigenvalue weighted by Crippen LogP contribution is 2.27. The predicted octanol–water partition coefficient (Wildman–Crippen LogP) is 4.05. The maximum atomic E-state index is 13.6. The summed E-state index contributed by atoms with van der Waals surface area (Å²) in [5, 5.41) is 3.08. The van der Waals surface area contributed by atoms with Crippen molar-refractivity contribution in [1.29, 1.82) is 0 Å². The number of hydrogen-bond donors (Lipinski definition) is 1. The first-order valence-electron chi connectivity index (χ1n) is 5.95. The van der Waals surface area contributed by atoms with E-state index in [1.807, 2.05) is 26.1 Å². The van der Waals surface area contributed by atoms with Gasteiger partial charge in [0.05, 0.1) is 0 Å². The molecule has 0 saturated carbocycles. The van der Waals surface area contributed by atoms with Crippen LogP contribution in [0.1, 0.15) is 18.5 Å². The quantitative estimate of drug-likeness (QED) is 0.825. The molecular weight excluding hydrogens is 251 g/mol. The van der Waals surface area contributed by atoms with Crippen LogP contribution in [0.4, 0.5) is 13.2 Å². The molecule has 0 heterocycles. The van der Waals surface area contributed by atoms with E-state index in [0.29, 0.717) is 5.56 Å². The summed E-state index contributed by atoms with van der Waals surface area (Å²) in [4.78, 5) is 0. The summed E-state index contributed by atoms with van der Waals surface area (Å²) in [5.41, 5.74) is 1.61. The number of benzene rings is 2. The Kier molecular flexibility index (Phi) is 3.90. The number of halogens is 3. The van der Waals surface area contributed by atoms with Gasteiger partial charge in [0.1, 0.15) is 0 Å². The fourth-order valence-electron chi connectivity index (χ4n) is 1.87. The zero-order valence-electron chi connectivity index (χ0n) is 10.7. The number of hydrogen-bond acceptors (Lipinski definition) is 1. The molecule has 2 aromatic carbocycles. The van der Waals surface area contributed by atoms with Gasteiger partial charge in [-0.05, 0) is 37.2 Å². The largest absolute Gasteiger partial charge is 0.313 e. The van der Waals surface area contributed by atoms with E-state index in [1.54, 1.807) is 12.1 Å². The molecule has 1 nitrogen and oxygen atoms in total. The van der Waals surface area contributed by atoms with Gasteiger partial charge in [-0.25, -0.2) is 13.2 Å². The normalized spacial score (nSPS) is 12.5. The van der Waals surface area contributed by atoms with Gasteiger partial charge in [0.2, 0.25) is 0 Å². The predicted molar refractivity (Wildman–Crippen MR) is 69.2 cm³/mol. The molecule has 1 N–H and O–H groups in total. The summed E-state index contributed by atoms with van der Waals surface area (Å²) in [7, 11) is 1.84. The van der Waals surface area contributed by atoms with Gasteiger partial charge in [-0.15, -0.1) is 0 Å². The van der Waals surface area contributed by atoms with Crippen molar-refractivity contribution in [2.75, 3.05) is 7.05 Å². The molecule has 0 aliphatic carbocycles. The van der Waals surface area contributed by atoms with Gasteiger partial charge < -0.3 is 5.32 Å². The van der Waals surface area contributed by atoms with Crippen LogP contribution in [-0.2, 0) is 0 Å². The van der Waals surface area contributed by atoms with Crippen LogP contribution in [0, 0.1) is 17.5 Å². The molecule has 0 spiro atoms. The maximum Gasteiger partial charge on any atom is 0.195 e. The van der Waals surface area contributed by atoms with Gasteiger partial charge >= 0.3 is 0 Å². The molecule has 100 valence electrons. The summed E-state index contributed by atoms with van der Waals surface area (Å²) in [6.07, 6.45) is 0. The lowest BCUT2D eigenvalue weighted by atomic mass is 10.0. The molecule has 4 heteroatoms. The van der Waals surface area contributed by atoms with E-state index in [4.69, 9.17) is 0 Å². The lowest BCUT2D eigenvalue weighted by molar-refractivity contribution is 0.449. The molecular formula is C15H14F3N. The second kappa shape index (κ2) is 5.45. The minimum absolute atomic E-state index is 0.0579. The standard InChI is InChI=1S/C15H14F3N/c1-9(19-2)10-3-5-11(6-4-10)12-7-8-13(16)15(18)14(12)17/h3-9,19H,1-2H3. The van der Waals surface area contributed by atoms with Gasteiger partial charge in [-0.3, -0.25) is 0 Å². The molecule has 0 aromatic heterocycles. The zero-order chi connectivity index (χ0) is 14.0. The van der Waals surface area contributed by atoms with Crippen LogP contribution >= 0.6 is 0 Å². The average Bonchev–Trinajstić information content (AvgIpc) is 2.44. The van der Waals surface area contributed by atoms with Crippen molar-refractivity contribution in [3.05, 3.63) is 59.4 Å². The third-order valence-electron chi connectivity index (χ3n) is 3.19. The average molecular weight is 265 g/mol. The fourth-order valence-corrected chi connectivity index (χ4v) is 1.87. The Morgan fingerprint density at radius 3 is 2.11 bits per heavy atom. The first-order chi connectivity index (χ1) is 9.04. The Morgan fingerprint density at radius 2 is 1.53 bits per heavy atom. The van der Waals surface area contributed by atoms with Crippen molar-refractivity contribution in [3.8, 4) is 11.1 Å². The summed E-state index contributed by atoms with van der Waals surface area (Å²) in [6.45, 7) is 1.99. The van der Waals surface area contributed by atoms with Crippen LogP contribution in [0.2, 0.25) is 0 Å². The molecule has 0 saturated heterocycles. The summed E-state index contributed by atoms with van der Waals surface area (Å²) in [5.74, 6) is -3.78. The molecule has 0 amide bonds. The molecule has 1 unspecified atom stereocenters. The van der Waals surface area contributed by atoms with Crippen LogP contribution in [-0.4, -0.2) is 7.05 Å². The topological polar surface area (TPSA) is 12.0 Å². The minimum atomic E-state index is -1.44. The van der Waals surface area contributed by atoms with Crippen molar-refractivity contribution >= 4 is 0 Å². The molecule has 0 aliphatic rings. The minimum Gasteiger partial charge on any atom is -0.313 e. The molecule has 1 atom stereocenters. The Labute approximate surface area is 110 Å². The number of rotatable bonds is 3. The van der Waals surface area contributed by atoms with Gasteiger partial charge in [0, 0.05) is 11.6 Å². The van der Waals surface area contributed by atoms with Gasteiger partial charge in [-0.2, -0.15) is 0 Å². The lowest BCUT2D eigenvalue weighted by Gasteiger charge is -2.11. The van der Waals surface area contributed by atoms with Gasteiger partial charge in [-0.1, -0.05) is 24.3 Å². The van der Waals surface area contributed by atoms with E-state index >= 15 is 0 Å². The molecule has 0 aliphatic heterocycles. The monoisotopic (exact) mass is 265 g/mol. The van der Waals surface area contributed by atoms with E-state index in [2.05, 4.69) is 5.32 Å². The Hall–Kier alpha value is -1.81. The van der Waals surface area contributed by atoms with Crippen LogP contribution in [0.5, 0.6) is 0 Å². The smallest absolute Gasteiger partial charge is 0.195 e. The second-order valence-electron chi connectivity index (χ2n) is 4.36. The number of nitrogens with one attached hydrogen (secondary N) is 1. The van der Waals surface area contributed by atoms with Crippen molar-refractivity contribution < 1.29 is 13.2 Å². The highest BCUT2D eigenvalue weighted by atomic mass is 19.2. The summed E-state index contributed by atoms with van der Waals surface area (Å²) < 4.78 is 39.7. The van der Waals surface area contributed by atoms with Crippen molar-refractivity contribution in [1.82, 2.24) is 5.32 Å². The highest BCUT2D eigenvalue weighted by molar-refractivity contribution is 5.64. The van der Waals surface area contributed by atoms with Crippen LogP contribution in [0.15, 0.2) is 36.4 Å². The third kappa shape index (κ3) is 2.63. The zero-order valence-corrected chi connectivity index (χ0v) is 10.7. The first-order valence-corrected chi connectivity index (χ1v) is 5.95. The van der Waals surface area contributed by atoms with Crippen molar-refractivity contribution in [2.24, 2.45) is 0 Å². The van der Waals surface area contributed by atoms with Gasteiger partial charge in [0.25, 0.3) is 0 Å². The van der Waals surface area contributed by atoms with Crippen LogP contribution in [0.3, 0.4) is 0 Å². The Bertz CT molecular complexity index is 579.